The Kier molecular flexibility index (Phi) is 7.85. The van der Waals surface area contributed by atoms with E-state index in [0.29, 0.717) is 5.25 Å². The van der Waals surface area contributed by atoms with Crippen LogP contribution < -0.4 is 4.90 Å². The molecule has 1 heterocycles. The van der Waals surface area contributed by atoms with Gasteiger partial charge in [-0.2, -0.15) is 0 Å². The van der Waals surface area contributed by atoms with Gasteiger partial charge in [0.1, 0.15) is 0 Å². The maximum Gasteiger partial charge on any atom is 0.0557 e. The minimum atomic E-state index is 0.0421. The predicted molar refractivity (Wildman–Crippen MR) is 229 cm³/mol. The summed E-state index contributed by atoms with van der Waals surface area (Å²) in [5, 5.41) is 3.15. The van der Waals surface area contributed by atoms with E-state index in [1.54, 1.807) is 5.57 Å². The van der Waals surface area contributed by atoms with Crippen LogP contribution in [-0.2, 0) is 5.41 Å². The third kappa shape index (κ3) is 5.36. The van der Waals surface area contributed by atoms with Crippen molar-refractivity contribution in [2.45, 2.75) is 75.0 Å². The van der Waals surface area contributed by atoms with E-state index in [9.17, 15) is 0 Å². The second kappa shape index (κ2) is 12.7. The lowest BCUT2D eigenvalue weighted by atomic mass is 9.78. The van der Waals surface area contributed by atoms with Crippen molar-refractivity contribution in [2.75, 3.05) is 4.90 Å². The summed E-state index contributed by atoms with van der Waals surface area (Å²) in [6.45, 7) is 9.56. The van der Waals surface area contributed by atoms with Gasteiger partial charge in [-0.15, -0.1) is 11.8 Å². The molecule has 1 saturated carbocycles. The van der Waals surface area contributed by atoms with Crippen LogP contribution in [0.2, 0.25) is 0 Å². The zero-order valence-electron chi connectivity index (χ0n) is 31.3. The molecular formula is C51H47NS. The van der Waals surface area contributed by atoms with Crippen LogP contribution in [0.25, 0.3) is 33.1 Å². The minimum Gasteiger partial charge on any atom is -0.338 e. The van der Waals surface area contributed by atoms with Crippen LogP contribution in [0.3, 0.4) is 0 Å². The molecule has 1 aliphatic heterocycles. The Labute approximate surface area is 319 Å². The van der Waals surface area contributed by atoms with Gasteiger partial charge in [-0.05, 0) is 129 Å². The molecule has 4 aromatic carbocycles. The first-order chi connectivity index (χ1) is 25.9. The van der Waals surface area contributed by atoms with Gasteiger partial charge in [-0.3, -0.25) is 0 Å². The fraction of sp³-hybridized carbons (Fsp3) is 0.255. The number of allylic oxidation sites excluding steroid dienone is 13. The zero-order valence-corrected chi connectivity index (χ0v) is 32.1. The quantitative estimate of drug-likeness (QED) is 0.176. The van der Waals surface area contributed by atoms with Gasteiger partial charge >= 0.3 is 0 Å². The Balaban J connectivity index is 1.04. The highest BCUT2D eigenvalue weighted by Crippen LogP contribution is 2.61. The van der Waals surface area contributed by atoms with E-state index in [-0.39, 0.29) is 11.5 Å². The summed E-state index contributed by atoms with van der Waals surface area (Å²) in [6.07, 6.45) is 28.2. The van der Waals surface area contributed by atoms with Crippen LogP contribution >= 0.6 is 11.8 Å². The summed E-state index contributed by atoms with van der Waals surface area (Å²) in [7, 11) is 0. The average Bonchev–Trinajstić information content (AvgIpc) is 3.83. The van der Waals surface area contributed by atoms with Crippen molar-refractivity contribution in [1.29, 1.82) is 0 Å². The summed E-state index contributed by atoms with van der Waals surface area (Å²) in [5.41, 5.74) is 17.0. The third-order valence-electron chi connectivity index (χ3n) is 12.8. The summed E-state index contributed by atoms with van der Waals surface area (Å²) in [4.78, 5) is 4.09. The lowest BCUT2D eigenvalue weighted by Gasteiger charge is -2.36. The van der Waals surface area contributed by atoms with Gasteiger partial charge in [0, 0.05) is 26.9 Å². The fourth-order valence-corrected chi connectivity index (χ4v) is 11.4. The number of benzene rings is 4. The van der Waals surface area contributed by atoms with Gasteiger partial charge in [0.15, 0.2) is 0 Å². The third-order valence-corrected chi connectivity index (χ3v) is 14.2. The number of anilines is 1. The standard InChI is InChI=1S/C51H47NS/c1-5-36(24-20-32(2)39-16-11-18-45-43-15-8-9-19-48(43)53-50(39)45)52(37-25-21-34(22-26-37)41-17-10-13-33-12-6-7-14-40(33)41)38-27-29-42-44-28-23-35-30-46(35)49(44)51(3,4)47(42)31-38/h6-18,20-25,27-29,31,35,37,46,48H,5,19,26,30H2,1-4H3/b32-20+,36-24+. The van der Waals surface area contributed by atoms with Crippen LogP contribution in [0.15, 0.2) is 156 Å². The molecule has 1 fully saturated rings. The van der Waals surface area contributed by atoms with E-state index in [1.807, 2.05) is 11.8 Å². The van der Waals surface area contributed by atoms with E-state index in [4.69, 9.17) is 0 Å². The summed E-state index contributed by atoms with van der Waals surface area (Å²) < 4.78 is 0. The number of nitrogens with zero attached hydrogens (tertiary/aromatic N) is 1. The highest BCUT2D eigenvalue weighted by atomic mass is 32.2. The first-order valence-electron chi connectivity index (χ1n) is 19.7. The lowest BCUT2D eigenvalue weighted by molar-refractivity contribution is 0.591. The maximum absolute atomic E-state index is 2.65. The second-order valence-electron chi connectivity index (χ2n) is 16.2. The summed E-state index contributed by atoms with van der Waals surface area (Å²) >= 11 is 2.05. The highest BCUT2D eigenvalue weighted by molar-refractivity contribution is 8.01. The molecular weight excluding hydrogens is 659 g/mol. The SMILES string of the molecule is CC/C(=C\C=C(/C)c1cccc2c1SC1CC=CC=C21)N(c1ccc2c(c1)C(C)(C)C1=C2C=CC2CC12)C1C=CC(c2cccc3ccccc23)=CC1. The van der Waals surface area contributed by atoms with E-state index in [2.05, 4.69) is 172 Å². The van der Waals surface area contributed by atoms with Crippen molar-refractivity contribution >= 4 is 50.5 Å². The molecule has 5 aliphatic carbocycles. The molecule has 0 spiro atoms. The molecule has 6 aliphatic rings. The van der Waals surface area contributed by atoms with E-state index >= 15 is 0 Å². The van der Waals surface area contributed by atoms with E-state index in [0.717, 1.165) is 31.1 Å². The second-order valence-corrected chi connectivity index (χ2v) is 17.4. The number of rotatable bonds is 7. The first kappa shape index (κ1) is 32.8. The highest BCUT2D eigenvalue weighted by Gasteiger charge is 2.50. The zero-order chi connectivity index (χ0) is 35.8. The normalized spacial score (nSPS) is 24.7. The molecule has 53 heavy (non-hydrogen) atoms. The van der Waals surface area contributed by atoms with Crippen LogP contribution in [0.5, 0.6) is 0 Å². The van der Waals surface area contributed by atoms with Gasteiger partial charge in [0.25, 0.3) is 0 Å². The van der Waals surface area contributed by atoms with Crippen molar-refractivity contribution in [1.82, 2.24) is 0 Å². The molecule has 1 nitrogen and oxygen atoms in total. The topological polar surface area (TPSA) is 3.24 Å². The Morgan fingerprint density at radius 2 is 1.74 bits per heavy atom. The molecule has 4 aromatic rings. The molecule has 0 radical (unpaired) electrons. The molecule has 262 valence electrons. The molecule has 4 unspecified atom stereocenters. The average molecular weight is 706 g/mol. The first-order valence-corrected chi connectivity index (χ1v) is 20.6. The Morgan fingerprint density at radius 3 is 2.60 bits per heavy atom. The molecule has 0 amide bonds. The van der Waals surface area contributed by atoms with Gasteiger partial charge < -0.3 is 4.90 Å². The van der Waals surface area contributed by atoms with Crippen LogP contribution in [0.1, 0.15) is 81.2 Å². The molecule has 10 rings (SSSR count). The molecule has 0 saturated heterocycles. The number of fused-ring (bicyclic) bond motifs is 8. The van der Waals surface area contributed by atoms with Gasteiger partial charge in [-0.25, -0.2) is 0 Å². The smallest absolute Gasteiger partial charge is 0.0557 e. The number of thioether (sulfide) groups is 1. The Hall–Kier alpha value is -4.79. The molecule has 4 atom stereocenters. The largest absolute Gasteiger partial charge is 0.338 e. The van der Waals surface area contributed by atoms with Crippen LogP contribution in [-0.4, -0.2) is 11.3 Å². The number of hydrogen-bond acceptors (Lipinski definition) is 2. The van der Waals surface area contributed by atoms with Crippen molar-refractivity contribution in [3.05, 3.63) is 179 Å². The monoisotopic (exact) mass is 705 g/mol. The van der Waals surface area contributed by atoms with E-state index < -0.39 is 0 Å². The van der Waals surface area contributed by atoms with Gasteiger partial charge in [0.2, 0.25) is 0 Å². The summed E-state index contributed by atoms with van der Waals surface area (Å²) in [6, 6.07) is 29.9. The molecule has 2 heteroatoms. The Morgan fingerprint density at radius 1 is 0.887 bits per heavy atom. The Bertz CT molecular complexity index is 2450. The molecule has 0 aromatic heterocycles. The van der Waals surface area contributed by atoms with Gasteiger partial charge in [-0.1, -0.05) is 142 Å². The van der Waals surface area contributed by atoms with E-state index in [1.165, 1.54) is 83.6 Å². The minimum absolute atomic E-state index is 0.0421. The fourth-order valence-electron chi connectivity index (χ4n) is 9.94. The van der Waals surface area contributed by atoms with Crippen molar-refractivity contribution in [3.63, 3.8) is 0 Å². The molecule has 0 N–H and O–H groups in total. The van der Waals surface area contributed by atoms with Crippen LogP contribution in [0.4, 0.5) is 5.69 Å². The summed E-state index contributed by atoms with van der Waals surface area (Å²) in [5.74, 6) is 1.48. The van der Waals surface area contributed by atoms with Gasteiger partial charge in [0.05, 0.1) is 6.04 Å². The van der Waals surface area contributed by atoms with Crippen LogP contribution in [0, 0.1) is 11.8 Å². The van der Waals surface area contributed by atoms with Crippen molar-refractivity contribution in [3.8, 4) is 0 Å². The number of hydrogen-bond donors (Lipinski definition) is 0. The molecule has 0 bridgehead atoms. The maximum atomic E-state index is 2.65. The lowest BCUT2D eigenvalue weighted by Crippen LogP contribution is -2.34. The predicted octanol–water partition coefficient (Wildman–Crippen LogP) is 13.5. The van der Waals surface area contributed by atoms with Crippen molar-refractivity contribution < 1.29 is 0 Å². The van der Waals surface area contributed by atoms with Crippen molar-refractivity contribution in [2.24, 2.45) is 11.8 Å².